The SMILES string of the molecule is CC(CN1CCOCC1)Nc1ncc(Cl)cc1[N+](=O)[O-]. The Bertz CT molecular complexity index is 480. The summed E-state index contributed by atoms with van der Waals surface area (Å²) >= 11 is 5.74. The number of hydrogen-bond donors (Lipinski definition) is 1. The van der Waals surface area contributed by atoms with Crippen molar-refractivity contribution in [2.24, 2.45) is 0 Å². The van der Waals surface area contributed by atoms with E-state index in [0.29, 0.717) is 0 Å². The van der Waals surface area contributed by atoms with Crippen LogP contribution in [0.2, 0.25) is 5.02 Å². The molecular weight excluding hydrogens is 284 g/mol. The van der Waals surface area contributed by atoms with E-state index in [1.54, 1.807) is 0 Å². The summed E-state index contributed by atoms with van der Waals surface area (Å²) in [6.07, 6.45) is 1.40. The Morgan fingerprint density at radius 1 is 1.60 bits per heavy atom. The summed E-state index contributed by atoms with van der Waals surface area (Å²) in [6.45, 7) is 5.96. The smallest absolute Gasteiger partial charge is 0.312 e. The van der Waals surface area contributed by atoms with Crippen molar-refractivity contribution in [3.05, 3.63) is 27.4 Å². The fourth-order valence-corrected chi connectivity index (χ4v) is 2.28. The zero-order chi connectivity index (χ0) is 14.5. The number of anilines is 1. The minimum absolute atomic E-state index is 0.0421. The predicted octanol–water partition coefficient (Wildman–Crippen LogP) is 1.78. The summed E-state index contributed by atoms with van der Waals surface area (Å²) in [4.78, 5) is 16.8. The Balaban J connectivity index is 1.99. The number of rotatable bonds is 5. The van der Waals surface area contributed by atoms with E-state index in [1.807, 2.05) is 6.92 Å². The average Bonchev–Trinajstić information content (AvgIpc) is 2.41. The second kappa shape index (κ2) is 6.83. The highest BCUT2D eigenvalue weighted by atomic mass is 35.5. The molecule has 0 aromatic carbocycles. The van der Waals surface area contributed by atoms with Gasteiger partial charge >= 0.3 is 5.69 Å². The fourth-order valence-electron chi connectivity index (χ4n) is 2.13. The normalized spacial score (nSPS) is 17.7. The number of hydrogen-bond acceptors (Lipinski definition) is 6. The maximum absolute atomic E-state index is 11.0. The first kappa shape index (κ1) is 15.0. The van der Waals surface area contributed by atoms with Gasteiger partial charge in [0.25, 0.3) is 0 Å². The number of nitro groups is 1. The Kier molecular flexibility index (Phi) is 5.11. The van der Waals surface area contributed by atoms with Crippen molar-refractivity contribution in [3.63, 3.8) is 0 Å². The maximum Gasteiger partial charge on any atom is 0.312 e. The topological polar surface area (TPSA) is 80.5 Å². The number of pyridine rings is 1. The third kappa shape index (κ3) is 4.03. The fraction of sp³-hybridized carbons (Fsp3) is 0.583. The Morgan fingerprint density at radius 2 is 2.30 bits per heavy atom. The van der Waals surface area contributed by atoms with Gasteiger partial charge in [0.05, 0.1) is 23.2 Å². The molecule has 2 rings (SSSR count). The Labute approximate surface area is 122 Å². The van der Waals surface area contributed by atoms with E-state index in [1.165, 1.54) is 12.3 Å². The van der Waals surface area contributed by atoms with Crippen LogP contribution in [0, 0.1) is 10.1 Å². The number of nitrogens with zero attached hydrogens (tertiary/aromatic N) is 3. The van der Waals surface area contributed by atoms with E-state index in [4.69, 9.17) is 16.3 Å². The van der Waals surface area contributed by atoms with Gasteiger partial charge in [0.1, 0.15) is 0 Å². The molecule has 1 fully saturated rings. The monoisotopic (exact) mass is 300 g/mol. The zero-order valence-corrected chi connectivity index (χ0v) is 12.0. The van der Waals surface area contributed by atoms with Crippen molar-refractivity contribution >= 4 is 23.1 Å². The third-order valence-corrected chi connectivity index (χ3v) is 3.26. The number of halogens is 1. The van der Waals surface area contributed by atoms with Gasteiger partial charge < -0.3 is 10.1 Å². The molecule has 20 heavy (non-hydrogen) atoms. The maximum atomic E-state index is 11.0. The van der Waals surface area contributed by atoms with Gasteiger partial charge in [-0.2, -0.15) is 0 Å². The van der Waals surface area contributed by atoms with Crippen LogP contribution in [0.4, 0.5) is 11.5 Å². The van der Waals surface area contributed by atoms with Gasteiger partial charge in [0, 0.05) is 37.9 Å². The predicted molar refractivity (Wildman–Crippen MR) is 76.2 cm³/mol. The number of morpholine rings is 1. The van der Waals surface area contributed by atoms with Crippen LogP contribution < -0.4 is 5.32 Å². The molecule has 0 radical (unpaired) electrons. The lowest BCUT2D eigenvalue weighted by molar-refractivity contribution is -0.384. The first-order valence-corrected chi connectivity index (χ1v) is 6.80. The summed E-state index contributed by atoms with van der Waals surface area (Å²) in [5, 5.41) is 14.3. The molecule has 1 N–H and O–H groups in total. The molecular formula is C12H17ClN4O3. The van der Waals surface area contributed by atoms with Crippen LogP contribution in [0.25, 0.3) is 0 Å². The van der Waals surface area contributed by atoms with E-state index in [-0.39, 0.29) is 22.6 Å². The average molecular weight is 301 g/mol. The van der Waals surface area contributed by atoms with E-state index < -0.39 is 4.92 Å². The van der Waals surface area contributed by atoms with Crippen molar-refractivity contribution in [2.45, 2.75) is 13.0 Å². The molecule has 0 spiro atoms. The Morgan fingerprint density at radius 3 is 2.95 bits per heavy atom. The van der Waals surface area contributed by atoms with Crippen molar-refractivity contribution < 1.29 is 9.66 Å². The van der Waals surface area contributed by atoms with Crippen molar-refractivity contribution in [1.29, 1.82) is 0 Å². The van der Waals surface area contributed by atoms with Crippen LogP contribution in [-0.2, 0) is 4.74 Å². The van der Waals surface area contributed by atoms with Crippen LogP contribution in [-0.4, -0.2) is 53.7 Å². The third-order valence-electron chi connectivity index (χ3n) is 3.05. The highest BCUT2D eigenvalue weighted by Crippen LogP contribution is 2.25. The second-order valence-electron chi connectivity index (χ2n) is 4.74. The summed E-state index contributed by atoms with van der Waals surface area (Å²) in [5.41, 5.74) is -0.105. The zero-order valence-electron chi connectivity index (χ0n) is 11.2. The lowest BCUT2D eigenvalue weighted by Gasteiger charge is -2.29. The molecule has 0 aliphatic carbocycles. The molecule has 0 saturated carbocycles. The summed E-state index contributed by atoms with van der Waals surface area (Å²) in [5.74, 6) is 0.250. The highest BCUT2D eigenvalue weighted by Gasteiger charge is 2.19. The molecule has 1 aliphatic rings. The molecule has 0 amide bonds. The van der Waals surface area contributed by atoms with Gasteiger partial charge in [-0.1, -0.05) is 11.6 Å². The highest BCUT2D eigenvalue weighted by molar-refractivity contribution is 6.30. The van der Waals surface area contributed by atoms with Gasteiger partial charge in [0.15, 0.2) is 0 Å². The molecule has 1 aromatic rings. The lowest BCUT2D eigenvalue weighted by Crippen LogP contribution is -2.42. The van der Waals surface area contributed by atoms with Crippen molar-refractivity contribution in [2.75, 3.05) is 38.2 Å². The minimum atomic E-state index is -0.483. The quantitative estimate of drug-likeness (QED) is 0.659. The molecule has 7 nitrogen and oxygen atoms in total. The summed E-state index contributed by atoms with van der Waals surface area (Å²) in [7, 11) is 0. The number of aromatic nitrogens is 1. The van der Waals surface area contributed by atoms with Gasteiger partial charge in [-0.15, -0.1) is 0 Å². The first-order valence-electron chi connectivity index (χ1n) is 6.43. The molecule has 1 unspecified atom stereocenters. The van der Waals surface area contributed by atoms with E-state index in [0.717, 1.165) is 32.8 Å². The van der Waals surface area contributed by atoms with Crippen LogP contribution in [0.15, 0.2) is 12.3 Å². The van der Waals surface area contributed by atoms with E-state index >= 15 is 0 Å². The lowest BCUT2D eigenvalue weighted by atomic mass is 10.2. The van der Waals surface area contributed by atoms with Crippen LogP contribution in [0.1, 0.15) is 6.92 Å². The second-order valence-corrected chi connectivity index (χ2v) is 5.17. The number of nitrogens with one attached hydrogen (secondary N) is 1. The molecule has 110 valence electrons. The standard InChI is InChI=1S/C12H17ClN4O3/c1-9(8-16-2-4-20-5-3-16)15-12-11(17(18)19)6-10(13)7-14-12/h6-7,9H,2-5,8H2,1H3,(H,14,15). The van der Waals surface area contributed by atoms with Crippen LogP contribution in [0.5, 0.6) is 0 Å². The van der Waals surface area contributed by atoms with Gasteiger partial charge in [-0.3, -0.25) is 15.0 Å². The molecule has 1 aromatic heterocycles. The van der Waals surface area contributed by atoms with Crippen LogP contribution >= 0.6 is 11.6 Å². The minimum Gasteiger partial charge on any atom is -0.379 e. The van der Waals surface area contributed by atoms with Crippen molar-refractivity contribution in [1.82, 2.24) is 9.88 Å². The largest absolute Gasteiger partial charge is 0.379 e. The molecule has 2 heterocycles. The molecule has 1 aliphatic heterocycles. The van der Waals surface area contributed by atoms with Gasteiger partial charge in [0.2, 0.25) is 5.82 Å². The molecule has 8 heteroatoms. The Hall–Kier alpha value is -1.44. The first-order chi connectivity index (χ1) is 9.56. The summed E-state index contributed by atoms with van der Waals surface area (Å²) in [6, 6.07) is 1.35. The summed E-state index contributed by atoms with van der Waals surface area (Å²) < 4.78 is 5.28. The molecule has 0 bridgehead atoms. The van der Waals surface area contributed by atoms with E-state index in [9.17, 15) is 10.1 Å². The van der Waals surface area contributed by atoms with Gasteiger partial charge in [-0.25, -0.2) is 4.98 Å². The van der Waals surface area contributed by atoms with Crippen LogP contribution in [0.3, 0.4) is 0 Å². The number of ether oxygens (including phenoxy) is 1. The van der Waals surface area contributed by atoms with E-state index in [2.05, 4.69) is 15.2 Å². The van der Waals surface area contributed by atoms with Gasteiger partial charge in [-0.05, 0) is 6.92 Å². The molecule has 1 atom stereocenters. The molecule has 1 saturated heterocycles. The van der Waals surface area contributed by atoms with Crippen molar-refractivity contribution in [3.8, 4) is 0 Å².